The zero-order valence-corrected chi connectivity index (χ0v) is 21.7. The topological polar surface area (TPSA) is 155 Å². The maximum Gasteiger partial charge on any atom is 0.471 e. The highest BCUT2D eigenvalue weighted by molar-refractivity contribution is 5.95. The number of halogens is 3. The summed E-state index contributed by atoms with van der Waals surface area (Å²) in [5.41, 5.74) is 3.60. The van der Waals surface area contributed by atoms with Gasteiger partial charge in [-0.25, -0.2) is 0 Å². The van der Waals surface area contributed by atoms with E-state index in [2.05, 4.69) is 11.4 Å². The number of likely N-dealkylation sites (tertiary alicyclic amines) is 1. The van der Waals surface area contributed by atoms with Crippen LogP contribution in [0.1, 0.15) is 47.5 Å². The Balaban J connectivity index is 1.97. The van der Waals surface area contributed by atoms with Gasteiger partial charge < -0.3 is 26.0 Å². The van der Waals surface area contributed by atoms with E-state index in [0.29, 0.717) is 6.42 Å². The number of methoxy groups -OCH3 is 1. The van der Waals surface area contributed by atoms with Gasteiger partial charge in [0.1, 0.15) is 12.1 Å². The van der Waals surface area contributed by atoms with Crippen LogP contribution >= 0.6 is 0 Å². The molecule has 10 nitrogen and oxygen atoms in total. The van der Waals surface area contributed by atoms with Crippen molar-refractivity contribution in [3.8, 4) is 6.07 Å². The number of hydrogen-bond acceptors (Lipinski definition) is 6. The average molecular weight is 530 g/mol. The first-order chi connectivity index (χ1) is 16.9. The number of nitrogens with two attached hydrogens (primary N) is 1. The molecule has 4 amide bonds. The van der Waals surface area contributed by atoms with E-state index in [4.69, 9.17) is 10.5 Å². The molecule has 0 radical (unpaired) electrons. The molecule has 2 heterocycles. The van der Waals surface area contributed by atoms with E-state index in [-0.39, 0.29) is 24.8 Å². The number of nitrogens with zero attached hydrogens (tertiary/aromatic N) is 2. The largest absolute Gasteiger partial charge is 0.471 e. The van der Waals surface area contributed by atoms with E-state index in [1.807, 2.05) is 27.7 Å². The molecule has 0 aromatic rings. The third-order valence-corrected chi connectivity index (χ3v) is 8.67. The van der Waals surface area contributed by atoms with Crippen molar-refractivity contribution in [1.29, 1.82) is 5.26 Å². The second-order valence-corrected chi connectivity index (χ2v) is 11.6. The second-order valence-electron chi connectivity index (χ2n) is 11.6. The van der Waals surface area contributed by atoms with Crippen LogP contribution in [0.3, 0.4) is 0 Å². The van der Waals surface area contributed by atoms with Gasteiger partial charge >= 0.3 is 12.1 Å². The normalized spacial score (nSPS) is 31.9. The van der Waals surface area contributed by atoms with Gasteiger partial charge in [-0.2, -0.15) is 18.4 Å². The van der Waals surface area contributed by atoms with Crippen LogP contribution < -0.4 is 16.4 Å². The quantitative estimate of drug-likeness (QED) is 0.424. The fourth-order valence-electron chi connectivity index (χ4n) is 6.86. The fourth-order valence-corrected chi connectivity index (χ4v) is 6.86. The third kappa shape index (κ3) is 4.53. The van der Waals surface area contributed by atoms with E-state index < -0.39 is 70.3 Å². The number of carbonyl (C=O) groups excluding carboxylic acids is 4. The molecular weight excluding hydrogens is 495 g/mol. The number of piperidine rings is 1. The molecule has 0 bridgehead atoms. The van der Waals surface area contributed by atoms with Crippen LogP contribution in [-0.4, -0.2) is 72.1 Å². The van der Waals surface area contributed by atoms with Crippen LogP contribution in [0.4, 0.5) is 13.2 Å². The molecule has 37 heavy (non-hydrogen) atoms. The predicted octanol–water partition coefficient (Wildman–Crippen LogP) is 0.851. The lowest BCUT2D eigenvalue weighted by atomic mass is 9.72. The average Bonchev–Trinajstić information content (AvgIpc) is 3.05. The smallest absolute Gasteiger partial charge is 0.379 e. The van der Waals surface area contributed by atoms with Crippen LogP contribution in [0.25, 0.3) is 0 Å². The van der Waals surface area contributed by atoms with Gasteiger partial charge in [0.25, 0.3) is 0 Å². The number of nitrogens with one attached hydrogen (secondary N) is 2. The predicted molar refractivity (Wildman–Crippen MR) is 123 cm³/mol. The van der Waals surface area contributed by atoms with Crippen molar-refractivity contribution < 1.29 is 37.1 Å². The first-order valence-electron chi connectivity index (χ1n) is 12.1. The summed E-state index contributed by atoms with van der Waals surface area (Å²) >= 11 is 0. The van der Waals surface area contributed by atoms with Crippen molar-refractivity contribution in [1.82, 2.24) is 15.5 Å². The third-order valence-electron chi connectivity index (χ3n) is 8.67. The summed E-state index contributed by atoms with van der Waals surface area (Å²) in [5.74, 6) is -6.11. The standard InChI is InChI=1S/C24H34F3N5O5/c1-11(37-6)15(30-20(36)24(25,26)27)19(35)32-10-14-22(4,5)23(14,16(32)17(29)33)13(9-28)7-12-8-21(2,3)31-18(12)34/h11-16H,7-8,10H2,1-6H3,(H2,29,33)(H,30,36)(H,31,34)/t11-,12-,13-,14?,15+,16?,23?/m1/s1. The highest BCUT2D eigenvalue weighted by atomic mass is 19.4. The monoisotopic (exact) mass is 529 g/mol. The van der Waals surface area contributed by atoms with Gasteiger partial charge in [-0.1, -0.05) is 13.8 Å². The molecule has 2 saturated heterocycles. The van der Waals surface area contributed by atoms with E-state index in [0.717, 1.165) is 4.90 Å². The molecule has 0 spiro atoms. The minimum Gasteiger partial charge on any atom is -0.379 e. The molecule has 0 aromatic heterocycles. The number of fused-ring (bicyclic) bond motifs is 1. The molecule has 2 aliphatic heterocycles. The van der Waals surface area contributed by atoms with Gasteiger partial charge in [0, 0.05) is 30.5 Å². The van der Waals surface area contributed by atoms with Gasteiger partial charge in [0.15, 0.2) is 0 Å². The fraction of sp³-hybridized carbons (Fsp3) is 0.792. The molecule has 0 aromatic carbocycles. The number of ether oxygens (including phenoxy) is 1. The van der Waals surface area contributed by atoms with Crippen LogP contribution in [-0.2, 0) is 23.9 Å². The molecule has 7 atom stereocenters. The van der Waals surface area contributed by atoms with Gasteiger partial charge in [-0.05, 0) is 44.9 Å². The summed E-state index contributed by atoms with van der Waals surface area (Å²) in [7, 11) is 1.17. The Bertz CT molecular complexity index is 1040. The molecule has 3 fully saturated rings. The van der Waals surface area contributed by atoms with Gasteiger partial charge in [0.05, 0.1) is 18.1 Å². The summed E-state index contributed by atoms with van der Waals surface area (Å²) < 4.78 is 43.9. The highest BCUT2D eigenvalue weighted by Crippen LogP contribution is 2.78. The first kappa shape index (κ1) is 28.7. The Kier molecular flexibility index (Phi) is 7.09. The number of nitriles is 1. The molecular formula is C24H34F3N5O5. The van der Waals surface area contributed by atoms with Crippen molar-refractivity contribution in [2.75, 3.05) is 13.7 Å². The number of rotatable bonds is 8. The minimum atomic E-state index is -5.24. The lowest BCUT2D eigenvalue weighted by Gasteiger charge is -2.39. The summed E-state index contributed by atoms with van der Waals surface area (Å²) in [5, 5.41) is 14.8. The molecule has 3 rings (SSSR count). The molecule has 206 valence electrons. The number of alkyl halides is 3. The van der Waals surface area contributed by atoms with Crippen LogP contribution in [0.5, 0.6) is 0 Å². The maximum atomic E-state index is 13.5. The van der Waals surface area contributed by atoms with Gasteiger partial charge in [-0.3, -0.25) is 19.2 Å². The summed E-state index contributed by atoms with van der Waals surface area (Å²) in [4.78, 5) is 51.7. The van der Waals surface area contributed by atoms with E-state index in [1.54, 1.807) is 5.32 Å². The Morgan fingerprint density at radius 1 is 1.30 bits per heavy atom. The number of primary amides is 1. The van der Waals surface area contributed by atoms with Crippen molar-refractivity contribution >= 4 is 23.6 Å². The first-order valence-corrected chi connectivity index (χ1v) is 12.1. The molecule has 1 aliphatic carbocycles. The SMILES string of the molecule is CO[C@H](C)[C@H](NC(=O)C(F)(F)F)C(=O)N1CC2C(C)(C)C2([C@@H](C#N)C[C@@H]2CC(C)(C)NC2=O)C1C(N)=O. The number of carbonyl (C=O) groups is 4. The minimum absolute atomic E-state index is 0.0468. The number of amides is 4. The van der Waals surface area contributed by atoms with Gasteiger partial charge in [-0.15, -0.1) is 0 Å². The summed E-state index contributed by atoms with van der Waals surface area (Å²) in [6, 6.07) is -0.825. The van der Waals surface area contributed by atoms with Crippen molar-refractivity contribution in [2.24, 2.45) is 34.3 Å². The Hall–Kier alpha value is -2.88. The zero-order valence-electron chi connectivity index (χ0n) is 21.7. The van der Waals surface area contributed by atoms with Crippen molar-refractivity contribution in [3.05, 3.63) is 0 Å². The Morgan fingerprint density at radius 3 is 2.32 bits per heavy atom. The van der Waals surface area contributed by atoms with Crippen LogP contribution in [0, 0.1) is 39.9 Å². The van der Waals surface area contributed by atoms with Gasteiger partial charge in [0.2, 0.25) is 17.7 Å². The molecule has 1 saturated carbocycles. The zero-order chi connectivity index (χ0) is 28.3. The van der Waals surface area contributed by atoms with E-state index in [9.17, 15) is 37.6 Å². The van der Waals surface area contributed by atoms with Crippen LogP contribution in [0.2, 0.25) is 0 Å². The molecule has 3 unspecified atom stereocenters. The van der Waals surface area contributed by atoms with E-state index in [1.165, 1.54) is 14.0 Å². The van der Waals surface area contributed by atoms with Crippen LogP contribution in [0.15, 0.2) is 0 Å². The second kappa shape index (κ2) is 9.15. The van der Waals surface area contributed by atoms with Crippen molar-refractivity contribution in [3.63, 3.8) is 0 Å². The lowest BCUT2D eigenvalue weighted by molar-refractivity contribution is -0.176. The van der Waals surface area contributed by atoms with Crippen molar-refractivity contribution in [2.45, 2.75) is 77.4 Å². The number of hydrogen-bond donors (Lipinski definition) is 3. The lowest BCUT2D eigenvalue weighted by Crippen LogP contribution is -2.61. The van der Waals surface area contributed by atoms with E-state index >= 15 is 0 Å². The molecule has 13 heteroatoms. The molecule has 4 N–H and O–H groups in total. The highest BCUT2D eigenvalue weighted by Gasteiger charge is 2.83. The molecule has 3 aliphatic rings. The Morgan fingerprint density at radius 2 is 1.89 bits per heavy atom. The summed E-state index contributed by atoms with van der Waals surface area (Å²) in [6.45, 7) is 8.69. The maximum absolute atomic E-state index is 13.5. The summed E-state index contributed by atoms with van der Waals surface area (Å²) in [6.07, 6.45) is -5.79. The Labute approximate surface area is 213 Å².